The summed E-state index contributed by atoms with van der Waals surface area (Å²) in [6.45, 7) is 4.20. The maximum atomic E-state index is 11.3. The van der Waals surface area contributed by atoms with Crippen molar-refractivity contribution in [1.82, 2.24) is 10.6 Å². The lowest BCUT2D eigenvalue weighted by Crippen LogP contribution is -2.30. The van der Waals surface area contributed by atoms with E-state index in [1.165, 1.54) is 25.7 Å². The Bertz CT molecular complexity index is 222. The molecule has 2 rings (SSSR count). The number of hydrogen-bond acceptors (Lipinski definition) is 2. The summed E-state index contributed by atoms with van der Waals surface area (Å²) < 4.78 is 0. The normalized spacial score (nSPS) is 22.5. The number of carbonyl (C=O) groups excluding carboxylic acids is 1. The van der Waals surface area contributed by atoms with E-state index in [4.69, 9.17) is 0 Å². The topological polar surface area (TPSA) is 41.1 Å². The SMILES string of the molecule is CC(CNCCC(=O)NC1CC1)C1CC1. The van der Waals surface area contributed by atoms with Crippen molar-refractivity contribution in [3.05, 3.63) is 0 Å². The quantitative estimate of drug-likeness (QED) is 0.622. The van der Waals surface area contributed by atoms with Gasteiger partial charge < -0.3 is 10.6 Å². The Hall–Kier alpha value is -0.570. The maximum absolute atomic E-state index is 11.3. The molecule has 2 saturated carbocycles. The van der Waals surface area contributed by atoms with Crippen LogP contribution in [0.1, 0.15) is 39.0 Å². The zero-order valence-electron chi connectivity index (χ0n) is 9.59. The van der Waals surface area contributed by atoms with Crippen LogP contribution < -0.4 is 10.6 Å². The summed E-state index contributed by atoms with van der Waals surface area (Å²) in [7, 11) is 0. The van der Waals surface area contributed by atoms with Gasteiger partial charge in [0.25, 0.3) is 0 Å². The van der Waals surface area contributed by atoms with Crippen LogP contribution in [0.2, 0.25) is 0 Å². The summed E-state index contributed by atoms with van der Waals surface area (Å²) in [5, 5.41) is 6.37. The van der Waals surface area contributed by atoms with Gasteiger partial charge >= 0.3 is 0 Å². The van der Waals surface area contributed by atoms with Crippen LogP contribution >= 0.6 is 0 Å². The Morgan fingerprint density at radius 3 is 2.67 bits per heavy atom. The number of amides is 1. The smallest absolute Gasteiger partial charge is 0.221 e. The van der Waals surface area contributed by atoms with Crippen molar-refractivity contribution in [3.8, 4) is 0 Å². The lowest BCUT2D eigenvalue weighted by Gasteiger charge is -2.11. The molecule has 1 atom stereocenters. The third-order valence-electron chi connectivity index (χ3n) is 3.36. The highest BCUT2D eigenvalue weighted by atomic mass is 16.1. The third kappa shape index (κ3) is 4.20. The summed E-state index contributed by atoms with van der Waals surface area (Å²) in [5.74, 6) is 1.96. The average molecular weight is 210 g/mol. The van der Waals surface area contributed by atoms with Gasteiger partial charge in [0.2, 0.25) is 5.91 Å². The van der Waals surface area contributed by atoms with Gasteiger partial charge in [0.1, 0.15) is 0 Å². The molecule has 3 heteroatoms. The first-order valence-corrected chi connectivity index (χ1v) is 6.26. The summed E-state index contributed by atoms with van der Waals surface area (Å²) in [6.07, 6.45) is 5.81. The summed E-state index contributed by atoms with van der Waals surface area (Å²) in [6, 6.07) is 0.503. The fraction of sp³-hybridized carbons (Fsp3) is 0.917. The molecule has 0 aromatic heterocycles. The molecule has 2 aliphatic rings. The molecule has 0 bridgehead atoms. The van der Waals surface area contributed by atoms with Gasteiger partial charge in [-0.15, -0.1) is 0 Å². The second-order valence-corrected chi connectivity index (χ2v) is 5.11. The van der Waals surface area contributed by atoms with Crippen LogP contribution in [-0.4, -0.2) is 25.0 Å². The summed E-state index contributed by atoms with van der Waals surface area (Å²) >= 11 is 0. The Balaban J connectivity index is 1.44. The highest BCUT2D eigenvalue weighted by Crippen LogP contribution is 2.35. The van der Waals surface area contributed by atoms with Crippen molar-refractivity contribution in [1.29, 1.82) is 0 Å². The fourth-order valence-corrected chi connectivity index (χ4v) is 1.89. The van der Waals surface area contributed by atoms with Crippen LogP contribution in [0.3, 0.4) is 0 Å². The largest absolute Gasteiger partial charge is 0.353 e. The number of rotatable bonds is 7. The molecule has 0 saturated heterocycles. The van der Waals surface area contributed by atoms with E-state index in [1.807, 2.05) is 0 Å². The second kappa shape index (κ2) is 4.97. The van der Waals surface area contributed by atoms with Crippen LogP contribution in [0.15, 0.2) is 0 Å². The molecule has 0 heterocycles. The van der Waals surface area contributed by atoms with Gasteiger partial charge in [0.15, 0.2) is 0 Å². The van der Waals surface area contributed by atoms with Crippen LogP contribution in [-0.2, 0) is 4.79 Å². The Kier molecular flexibility index (Phi) is 3.62. The van der Waals surface area contributed by atoms with E-state index in [0.717, 1.165) is 24.9 Å². The average Bonchev–Trinajstić information content (AvgIpc) is 3.00. The Morgan fingerprint density at radius 2 is 2.07 bits per heavy atom. The van der Waals surface area contributed by atoms with Gasteiger partial charge in [-0.3, -0.25) is 4.79 Å². The number of hydrogen-bond donors (Lipinski definition) is 2. The Morgan fingerprint density at radius 1 is 1.33 bits per heavy atom. The van der Waals surface area contributed by atoms with E-state index in [-0.39, 0.29) is 5.91 Å². The van der Waals surface area contributed by atoms with Crippen LogP contribution in [0.25, 0.3) is 0 Å². The zero-order valence-corrected chi connectivity index (χ0v) is 9.59. The number of nitrogens with one attached hydrogen (secondary N) is 2. The molecule has 86 valence electrons. The molecule has 15 heavy (non-hydrogen) atoms. The van der Waals surface area contributed by atoms with Gasteiger partial charge in [-0.2, -0.15) is 0 Å². The Labute approximate surface area is 92.0 Å². The van der Waals surface area contributed by atoms with Gasteiger partial charge in [-0.05, 0) is 44.1 Å². The van der Waals surface area contributed by atoms with Crippen molar-refractivity contribution < 1.29 is 4.79 Å². The number of carbonyl (C=O) groups is 1. The highest BCUT2D eigenvalue weighted by molar-refractivity contribution is 5.76. The van der Waals surface area contributed by atoms with Crippen molar-refractivity contribution in [2.24, 2.45) is 11.8 Å². The standard InChI is InChI=1S/C12H22N2O/c1-9(10-2-3-10)8-13-7-6-12(15)14-11-4-5-11/h9-11,13H,2-8H2,1H3,(H,14,15). The molecule has 3 nitrogen and oxygen atoms in total. The van der Waals surface area contributed by atoms with Crippen LogP contribution in [0, 0.1) is 11.8 Å². The van der Waals surface area contributed by atoms with Crippen LogP contribution in [0.4, 0.5) is 0 Å². The van der Waals surface area contributed by atoms with Crippen LogP contribution in [0.5, 0.6) is 0 Å². The third-order valence-corrected chi connectivity index (χ3v) is 3.36. The van der Waals surface area contributed by atoms with Crippen molar-refractivity contribution in [2.75, 3.05) is 13.1 Å². The second-order valence-electron chi connectivity index (χ2n) is 5.11. The van der Waals surface area contributed by atoms with Crippen molar-refractivity contribution in [3.63, 3.8) is 0 Å². The molecule has 1 unspecified atom stereocenters. The fourth-order valence-electron chi connectivity index (χ4n) is 1.89. The first kappa shape index (κ1) is 10.9. The van der Waals surface area contributed by atoms with Gasteiger partial charge in [0.05, 0.1) is 0 Å². The monoisotopic (exact) mass is 210 g/mol. The molecule has 0 spiro atoms. The first-order valence-electron chi connectivity index (χ1n) is 6.26. The predicted molar refractivity (Wildman–Crippen MR) is 60.5 cm³/mol. The highest BCUT2D eigenvalue weighted by Gasteiger charge is 2.27. The van der Waals surface area contributed by atoms with E-state index in [9.17, 15) is 4.79 Å². The van der Waals surface area contributed by atoms with E-state index in [1.54, 1.807) is 0 Å². The molecule has 0 radical (unpaired) electrons. The van der Waals surface area contributed by atoms with E-state index < -0.39 is 0 Å². The molecule has 2 fully saturated rings. The summed E-state index contributed by atoms with van der Waals surface area (Å²) in [5.41, 5.74) is 0. The van der Waals surface area contributed by atoms with Gasteiger partial charge in [-0.25, -0.2) is 0 Å². The first-order chi connectivity index (χ1) is 7.25. The molecule has 0 aromatic carbocycles. The lowest BCUT2D eigenvalue weighted by molar-refractivity contribution is -0.121. The van der Waals surface area contributed by atoms with Crippen molar-refractivity contribution in [2.45, 2.75) is 45.1 Å². The van der Waals surface area contributed by atoms with E-state index in [2.05, 4.69) is 17.6 Å². The molecule has 2 N–H and O–H groups in total. The summed E-state index contributed by atoms with van der Waals surface area (Å²) in [4.78, 5) is 11.3. The van der Waals surface area contributed by atoms with E-state index in [0.29, 0.717) is 12.5 Å². The molecular formula is C12H22N2O. The van der Waals surface area contributed by atoms with Gasteiger partial charge in [-0.1, -0.05) is 6.92 Å². The minimum absolute atomic E-state index is 0.212. The predicted octanol–water partition coefficient (Wildman–Crippen LogP) is 1.29. The molecule has 1 amide bonds. The van der Waals surface area contributed by atoms with Crippen molar-refractivity contribution >= 4 is 5.91 Å². The molecule has 0 aromatic rings. The molecule has 2 aliphatic carbocycles. The lowest BCUT2D eigenvalue weighted by atomic mass is 10.1. The minimum atomic E-state index is 0.212. The molecule has 0 aliphatic heterocycles. The molecular weight excluding hydrogens is 188 g/mol. The van der Waals surface area contributed by atoms with Gasteiger partial charge in [0, 0.05) is 19.0 Å². The zero-order chi connectivity index (χ0) is 10.7. The maximum Gasteiger partial charge on any atom is 0.221 e. The van der Waals surface area contributed by atoms with E-state index >= 15 is 0 Å². The minimum Gasteiger partial charge on any atom is -0.353 e.